The lowest BCUT2D eigenvalue weighted by atomic mass is 9.85. The molecule has 1 aromatic rings. The highest BCUT2D eigenvalue weighted by Gasteiger charge is 2.36. The standard InChI is InChI=1S/C15H18O4S/c1-15(2)9-19-13-4-3-10(7-12(13)15)14(16)11-5-6-20(17,18)8-11/h3-4,7,11H,5-6,8-9H2,1-2H3. The van der Waals surface area contributed by atoms with Crippen molar-refractivity contribution in [3.05, 3.63) is 29.3 Å². The zero-order valence-corrected chi connectivity index (χ0v) is 12.5. The van der Waals surface area contributed by atoms with E-state index in [0.717, 1.165) is 11.3 Å². The van der Waals surface area contributed by atoms with Crippen LogP contribution in [0.2, 0.25) is 0 Å². The van der Waals surface area contributed by atoms with Gasteiger partial charge in [0.25, 0.3) is 0 Å². The van der Waals surface area contributed by atoms with Gasteiger partial charge in [-0.1, -0.05) is 13.8 Å². The molecule has 20 heavy (non-hydrogen) atoms. The van der Waals surface area contributed by atoms with Crippen molar-refractivity contribution in [3.8, 4) is 5.75 Å². The van der Waals surface area contributed by atoms with Crippen molar-refractivity contribution >= 4 is 15.6 Å². The van der Waals surface area contributed by atoms with Crippen LogP contribution in [0.3, 0.4) is 0 Å². The number of ketones is 1. The molecule has 0 amide bonds. The molecule has 3 rings (SSSR count). The highest BCUT2D eigenvalue weighted by molar-refractivity contribution is 7.91. The van der Waals surface area contributed by atoms with Crippen LogP contribution in [0, 0.1) is 5.92 Å². The van der Waals surface area contributed by atoms with Gasteiger partial charge in [-0.2, -0.15) is 0 Å². The SMILES string of the molecule is CC1(C)COc2ccc(C(=O)C3CCS(=O)(=O)C3)cc21. The molecule has 2 aliphatic rings. The maximum atomic E-state index is 12.4. The van der Waals surface area contributed by atoms with Gasteiger partial charge < -0.3 is 4.74 Å². The Balaban J connectivity index is 1.91. The number of fused-ring (bicyclic) bond motifs is 1. The minimum Gasteiger partial charge on any atom is -0.492 e. The van der Waals surface area contributed by atoms with E-state index in [4.69, 9.17) is 4.74 Å². The molecule has 1 saturated heterocycles. The van der Waals surface area contributed by atoms with Crippen molar-refractivity contribution in [1.82, 2.24) is 0 Å². The fourth-order valence-electron chi connectivity index (χ4n) is 2.91. The van der Waals surface area contributed by atoms with E-state index in [1.54, 1.807) is 6.07 Å². The summed E-state index contributed by atoms with van der Waals surface area (Å²) in [5.41, 5.74) is 1.53. The van der Waals surface area contributed by atoms with Gasteiger partial charge in [0.1, 0.15) is 5.75 Å². The number of Topliss-reactive ketones (excluding diaryl/α,β-unsaturated/α-hetero) is 1. The van der Waals surface area contributed by atoms with Crippen LogP contribution in [0.4, 0.5) is 0 Å². The number of carbonyl (C=O) groups is 1. The van der Waals surface area contributed by atoms with Gasteiger partial charge in [-0.25, -0.2) is 8.42 Å². The molecule has 0 bridgehead atoms. The molecule has 0 spiro atoms. The van der Waals surface area contributed by atoms with Crippen molar-refractivity contribution in [3.63, 3.8) is 0 Å². The summed E-state index contributed by atoms with van der Waals surface area (Å²) in [6.45, 7) is 4.76. The first kappa shape index (κ1) is 13.6. The van der Waals surface area contributed by atoms with Crippen LogP contribution in [0.5, 0.6) is 5.75 Å². The zero-order valence-electron chi connectivity index (χ0n) is 11.7. The quantitative estimate of drug-likeness (QED) is 0.782. The van der Waals surface area contributed by atoms with Crippen LogP contribution in [0.15, 0.2) is 18.2 Å². The number of carbonyl (C=O) groups excluding carboxylic acids is 1. The van der Waals surface area contributed by atoms with Crippen LogP contribution in [0.25, 0.3) is 0 Å². The molecule has 1 aromatic carbocycles. The van der Waals surface area contributed by atoms with E-state index < -0.39 is 9.84 Å². The van der Waals surface area contributed by atoms with Crippen molar-refractivity contribution in [2.45, 2.75) is 25.7 Å². The monoisotopic (exact) mass is 294 g/mol. The van der Waals surface area contributed by atoms with E-state index in [1.165, 1.54) is 0 Å². The Hall–Kier alpha value is -1.36. The van der Waals surface area contributed by atoms with E-state index in [9.17, 15) is 13.2 Å². The van der Waals surface area contributed by atoms with Crippen LogP contribution < -0.4 is 4.74 Å². The minimum atomic E-state index is -3.03. The topological polar surface area (TPSA) is 60.4 Å². The van der Waals surface area contributed by atoms with Crippen LogP contribution >= 0.6 is 0 Å². The summed E-state index contributed by atoms with van der Waals surface area (Å²) in [4.78, 5) is 12.4. The lowest BCUT2D eigenvalue weighted by Gasteiger charge is -2.16. The first-order chi connectivity index (χ1) is 9.28. The van der Waals surface area contributed by atoms with Gasteiger partial charge in [-0.05, 0) is 24.6 Å². The Kier molecular flexibility index (Phi) is 2.94. The Morgan fingerprint density at radius 1 is 1.35 bits per heavy atom. The Bertz CT molecular complexity index is 673. The van der Waals surface area contributed by atoms with Crippen LogP contribution in [-0.2, 0) is 15.3 Å². The molecule has 0 saturated carbocycles. The van der Waals surface area contributed by atoms with Gasteiger partial charge in [0, 0.05) is 22.5 Å². The van der Waals surface area contributed by atoms with E-state index >= 15 is 0 Å². The molecular formula is C15H18O4S. The average molecular weight is 294 g/mol. The fourth-order valence-corrected chi connectivity index (χ4v) is 4.65. The molecule has 5 heteroatoms. The second-order valence-electron chi connectivity index (χ2n) is 6.35. The summed E-state index contributed by atoms with van der Waals surface area (Å²) in [6.07, 6.45) is 0.443. The number of rotatable bonds is 2. The maximum Gasteiger partial charge on any atom is 0.167 e. The second kappa shape index (κ2) is 4.32. The van der Waals surface area contributed by atoms with E-state index in [0.29, 0.717) is 18.6 Å². The molecule has 4 nitrogen and oxygen atoms in total. The first-order valence-electron chi connectivity index (χ1n) is 6.80. The number of ether oxygens (including phenoxy) is 1. The Labute approximate surface area is 119 Å². The van der Waals surface area contributed by atoms with Crippen molar-refractivity contribution in [2.24, 2.45) is 5.92 Å². The Morgan fingerprint density at radius 2 is 2.10 bits per heavy atom. The summed E-state index contributed by atoms with van der Waals surface area (Å²) in [7, 11) is -3.03. The predicted octanol–water partition coefficient (Wildman–Crippen LogP) is 1.97. The zero-order chi connectivity index (χ0) is 14.5. The van der Waals surface area contributed by atoms with Crippen molar-refractivity contribution in [1.29, 1.82) is 0 Å². The first-order valence-corrected chi connectivity index (χ1v) is 8.63. The summed E-state index contributed by atoms with van der Waals surface area (Å²) < 4.78 is 28.6. The predicted molar refractivity (Wildman–Crippen MR) is 76.1 cm³/mol. The van der Waals surface area contributed by atoms with E-state index in [2.05, 4.69) is 13.8 Å². The number of hydrogen-bond acceptors (Lipinski definition) is 4. The molecule has 0 aliphatic carbocycles. The van der Waals surface area contributed by atoms with Crippen molar-refractivity contribution in [2.75, 3.05) is 18.1 Å². The maximum absolute atomic E-state index is 12.4. The van der Waals surface area contributed by atoms with E-state index in [1.807, 2.05) is 12.1 Å². The highest BCUT2D eigenvalue weighted by Crippen LogP contribution is 2.39. The number of benzene rings is 1. The number of sulfone groups is 1. The third kappa shape index (κ3) is 2.24. The molecule has 0 aromatic heterocycles. The van der Waals surface area contributed by atoms with E-state index in [-0.39, 0.29) is 28.6 Å². The smallest absolute Gasteiger partial charge is 0.167 e. The molecule has 0 N–H and O–H groups in total. The fraction of sp³-hybridized carbons (Fsp3) is 0.533. The summed E-state index contributed by atoms with van der Waals surface area (Å²) in [5.74, 6) is 0.497. The molecular weight excluding hydrogens is 276 g/mol. The van der Waals surface area contributed by atoms with Gasteiger partial charge >= 0.3 is 0 Å². The lowest BCUT2D eigenvalue weighted by molar-refractivity contribution is 0.0933. The molecule has 1 unspecified atom stereocenters. The van der Waals surface area contributed by atoms with Gasteiger partial charge in [0.15, 0.2) is 15.6 Å². The second-order valence-corrected chi connectivity index (χ2v) is 8.58. The summed E-state index contributed by atoms with van der Waals surface area (Å²) in [5, 5.41) is 0. The average Bonchev–Trinajstić information content (AvgIpc) is 2.89. The lowest BCUT2D eigenvalue weighted by Crippen LogP contribution is -2.20. The third-order valence-electron chi connectivity index (χ3n) is 4.18. The third-order valence-corrected chi connectivity index (χ3v) is 5.95. The highest BCUT2D eigenvalue weighted by atomic mass is 32.2. The van der Waals surface area contributed by atoms with Crippen LogP contribution in [-0.4, -0.2) is 32.3 Å². The normalized spacial score (nSPS) is 26.0. The molecule has 2 heterocycles. The van der Waals surface area contributed by atoms with Crippen molar-refractivity contribution < 1.29 is 17.9 Å². The largest absolute Gasteiger partial charge is 0.492 e. The Morgan fingerprint density at radius 3 is 2.75 bits per heavy atom. The molecule has 1 atom stereocenters. The van der Waals surface area contributed by atoms with Crippen LogP contribution in [0.1, 0.15) is 36.2 Å². The van der Waals surface area contributed by atoms with Gasteiger partial charge in [-0.15, -0.1) is 0 Å². The molecule has 1 fully saturated rings. The summed E-state index contributed by atoms with van der Waals surface area (Å²) in [6, 6.07) is 5.43. The van der Waals surface area contributed by atoms with Gasteiger partial charge in [-0.3, -0.25) is 4.79 Å². The molecule has 108 valence electrons. The minimum absolute atomic E-state index is 0.0111. The van der Waals surface area contributed by atoms with Gasteiger partial charge in [0.05, 0.1) is 18.1 Å². The van der Waals surface area contributed by atoms with Gasteiger partial charge in [0.2, 0.25) is 0 Å². The summed E-state index contributed by atoms with van der Waals surface area (Å²) >= 11 is 0. The number of hydrogen-bond donors (Lipinski definition) is 0. The molecule has 0 radical (unpaired) electrons. The molecule has 2 aliphatic heterocycles.